The summed E-state index contributed by atoms with van der Waals surface area (Å²) in [5, 5.41) is 4.93. The van der Waals surface area contributed by atoms with Crippen LogP contribution in [0.25, 0.3) is 10.4 Å². The first-order valence-electron chi connectivity index (χ1n) is 9.89. The summed E-state index contributed by atoms with van der Waals surface area (Å²) >= 11 is 1.64. The molecule has 1 heterocycles. The van der Waals surface area contributed by atoms with Gasteiger partial charge in [0.2, 0.25) is 0 Å². The van der Waals surface area contributed by atoms with Crippen LogP contribution in [0.15, 0.2) is 60.0 Å². The highest BCUT2D eigenvalue weighted by Crippen LogP contribution is 2.31. The van der Waals surface area contributed by atoms with E-state index in [0.29, 0.717) is 23.4 Å². The second-order valence-corrected chi connectivity index (χ2v) is 8.90. The third-order valence-electron chi connectivity index (χ3n) is 5.01. The molecular weight excluding hydrogens is 415 g/mol. The van der Waals surface area contributed by atoms with Crippen molar-refractivity contribution < 1.29 is 13.9 Å². The number of hydrogen-bond donors (Lipinski definition) is 2. The first-order chi connectivity index (χ1) is 14.4. The van der Waals surface area contributed by atoms with Crippen molar-refractivity contribution in [1.29, 1.82) is 0 Å². The Morgan fingerprint density at radius 1 is 1.20 bits per heavy atom. The lowest BCUT2D eigenvalue weighted by molar-refractivity contribution is 0.0949. The molecule has 158 valence electrons. The van der Waals surface area contributed by atoms with Crippen LogP contribution in [0, 0.1) is 0 Å². The summed E-state index contributed by atoms with van der Waals surface area (Å²) in [7, 11) is -1.26. The maximum absolute atomic E-state index is 12.7. The van der Waals surface area contributed by atoms with Crippen LogP contribution in [0.4, 0.5) is 11.4 Å². The minimum Gasteiger partial charge on any atom is -0.397 e. The van der Waals surface area contributed by atoms with E-state index in [1.165, 1.54) is 0 Å². The molecule has 2 aromatic carbocycles. The predicted molar refractivity (Wildman–Crippen MR) is 127 cm³/mol. The van der Waals surface area contributed by atoms with Gasteiger partial charge in [-0.1, -0.05) is 37.6 Å². The molecule has 30 heavy (non-hydrogen) atoms. The van der Waals surface area contributed by atoms with Crippen LogP contribution in [0.3, 0.4) is 0 Å². The van der Waals surface area contributed by atoms with Crippen LogP contribution in [0.2, 0.25) is 0 Å². The smallest absolute Gasteiger partial charge is 0.255 e. The van der Waals surface area contributed by atoms with E-state index in [2.05, 4.69) is 12.2 Å². The molecule has 0 radical (unpaired) electrons. The minimum atomic E-state index is -1.26. The van der Waals surface area contributed by atoms with E-state index in [4.69, 9.17) is 10.3 Å². The molecule has 7 heteroatoms. The van der Waals surface area contributed by atoms with Crippen molar-refractivity contribution >= 4 is 37.3 Å². The van der Waals surface area contributed by atoms with Gasteiger partial charge in [0.1, 0.15) is 0 Å². The first-order valence-corrected chi connectivity index (χ1v) is 11.7. The molecule has 0 bridgehead atoms. The Balaban J connectivity index is 1.72. The number of benzene rings is 2. The minimum absolute atomic E-state index is 0.215. The number of amides is 1. The second kappa shape index (κ2) is 10.1. The molecule has 0 aliphatic carbocycles. The number of rotatable bonds is 9. The summed E-state index contributed by atoms with van der Waals surface area (Å²) < 4.78 is 16.6. The summed E-state index contributed by atoms with van der Waals surface area (Å²) in [4.78, 5) is 13.9. The molecule has 3 rings (SSSR count). The Morgan fingerprint density at radius 2 is 1.97 bits per heavy atom. The van der Waals surface area contributed by atoms with Crippen LogP contribution >= 0.6 is 20.0 Å². The quantitative estimate of drug-likeness (QED) is 0.313. The van der Waals surface area contributed by atoms with Gasteiger partial charge in [-0.05, 0) is 60.2 Å². The van der Waals surface area contributed by atoms with E-state index in [-0.39, 0.29) is 5.91 Å². The van der Waals surface area contributed by atoms with Gasteiger partial charge in [-0.3, -0.25) is 9.36 Å². The number of nitrogen functional groups attached to an aromatic ring is 1. The predicted octanol–water partition coefficient (Wildman–Crippen LogP) is 6.04. The van der Waals surface area contributed by atoms with Gasteiger partial charge in [-0.15, -0.1) is 11.3 Å². The first kappa shape index (κ1) is 22.3. The van der Waals surface area contributed by atoms with Gasteiger partial charge in [0.25, 0.3) is 5.91 Å². The van der Waals surface area contributed by atoms with E-state index in [1.807, 2.05) is 48.7 Å². The van der Waals surface area contributed by atoms with Gasteiger partial charge in [-0.25, -0.2) is 0 Å². The molecule has 0 fully saturated rings. The zero-order valence-corrected chi connectivity index (χ0v) is 19.2. The lowest BCUT2D eigenvalue weighted by Gasteiger charge is -2.27. The lowest BCUT2D eigenvalue weighted by Crippen LogP contribution is -2.28. The number of hydrogen-bond acceptors (Lipinski definition) is 5. The number of nitrogens with two attached hydrogens (primary N) is 1. The highest BCUT2D eigenvalue weighted by atomic mass is 32.1. The number of thiophene rings is 1. The molecule has 3 N–H and O–H groups in total. The fourth-order valence-corrected chi connectivity index (χ4v) is 4.65. The molecule has 5 nitrogen and oxygen atoms in total. The lowest BCUT2D eigenvalue weighted by atomic mass is 9.92. The molecule has 1 amide bonds. The molecule has 0 aliphatic rings. The van der Waals surface area contributed by atoms with Crippen molar-refractivity contribution in [1.82, 2.24) is 0 Å². The summed E-state index contributed by atoms with van der Waals surface area (Å²) in [5.74, 6) is -0.215. The molecule has 0 saturated carbocycles. The Bertz CT molecular complexity index is 1010. The van der Waals surface area contributed by atoms with Crippen molar-refractivity contribution in [2.24, 2.45) is 0 Å². The average molecular weight is 443 g/mol. The second-order valence-electron chi connectivity index (χ2n) is 7.52. The molecule has 2 atom stereocenters. The molecule has 0 aliphatic heterocycles. The fraction of sp³-hybridized carbons (Fsp3) is 0.261. The van der Waals surface area contributed by atoms with Crippen molar-refractivity contribution in [2.45, 2.75) is 38.7 Å². The summed E-state index contributed by atoms with van der Waals surface area (Å²) in [6.07, 6.45) is 2.42. The monoisotopic (exact) mass is 442 g/mol. The van der Waals surface area contributed by atoms with Crippen molar-refractivity contribution in [3.63, 3.8) is 0 Å². The van der Waals surface area contributed by atoms with Crippen LogP contribution in [0.5, 0.6) is 0 Å². The molecule has 0 spiro atoms. The Hall–Kier alpha value is -2.40. The largest absolute Gasteiger partial charge is 0.397 e. The number of anilines is 2. The fourth-order valence-electron chi connectivity index (χ4n) is 3.49. The van der Waals surface area contributed by atoms with Crippen molar-refractivity contribution in [3.05, 3.63) is 71.1 Å². The molecule has 1 aromatic heterocycles. The SMILES string of the molecule is CCCC(C)(Cc1ccc(C(=O)Nc2cc(-c3cccs3)ccc2N)cc1)O[PH2]=O. The van der Waals surface area contributed by atoms with E-state index < -0.39 is 14.3 Å². The summed E-state index contributed by atoms with van der Waals surface area (Å²) in [5.41, 5.74) is 9.33. The van der Waals surface area contributed by atoms with E-state index in [1.54, 1.807) is 29.5 Å². The molecule has 3 aromatic rings. The zero-order valence-electron chi connectivity index (χ0n) is 17.2. The Labute approximate surface area is 182 Å². The molecule has 0 saturated heterocycles. The van der Waals surface area contributed by atoms with Gasteiger partial charge in [-0.2, -0.15) is 0 Å². The Morgan fingerprint density at radius 3 is 2.60 bits per heavy atom. The van der Waals surface area contributed by atoms with Gasteiger partial charge in [0, 0.05) is 16.9 Å². The van der Waals surface area contributed by atoms with Crippen LogP contribution in [0.1, 0.15) is 42.6 Å². The number of nitrogens with one attached hydrogen (secondary N) is 1. The number of carbonyl (C=O) groups is 1. The highest BCUT2D eigenvalue weighted by molar-refractivity contribution is 7.17. The van der Waals surface area contributed by atoms with Crippen LogP contribution < -0.4 is 11.1 Å². The van der Waals surface area contributed by atoms with E-state index in [0.717, 1.165) is 28.8 Å². The standard InChI is InChI=1S/C23H27N2O3PS/c1-3-12-23(2,28-29-27)15-16-6-8-17(9-7-16)22(26)25-20-14-18(10-11-19(20)24)21-5-4-13-30-21/h4-11,13-14H,3,12,15,24,29H2,1-2H3,(H,25,26). The maximum Gasteiger partial charge on any atom is 0.255 e. The topological polar surface area (TPSA) is 81.4 Å². The van der Waals surface area contributed by atoms with Gasteiger partial charge >= 0.3 is 0 Å². The van der Waals surface area contributed by atoms with Gasteiger partial charge < -0.3 is 15.6 Å². The third kappa shape index (κ3) is 5.60. The number of carbonyl (C=O) groups excluding carboxylic acids is 1. The maximum atomic E-state index is 12.7. The highest BCUT2D eigenvalue weighted by Gasteiger charge is 2.24. The zero-order chi connectivity index (χ0) is 21.6. The van der Waals surface area contributed by atoms with E-state index >= 15 is 0 Å². The van der Waals surface area contributed by atoms with Gasteiger partial charge in [0.15, 0.2) is 8.69 Å². The van der Waals surface area contributed by atoms with Gasteiger partial charge in [0.05, 0.1) is 17.0 Å². The van der Waals surface area contributed by atoms with Crippen molar-refractivity contribution in [3.8, 4) is 10.4 Å². The average Bonchev–Trinajstić information content (AvgIpc) is 3.25. The molecular formula is C23H27N2O3PS. The van der Waals surface area contributed by atoms with E-state index in [9.17, 15) is 9.36 Å². The van der Waals surface area contributed by atoms with Crippen LogP contribution in [-0.4, -0.2) is 11.5 Å². The normalized spacial score (nSPS) is 13.4. The van der Waals surface area contributed by atoms with Crippen molar-refractivity contribution in [2.75, 3.05) is 11.1 Å². The third-order valence-corrected chi connectivity index (χ3v) is 6.60. The Kier molecular flexibility index (Phi) is 7.48. The summed E-state index contributed by atoms with van der Waals surface area (Å²) in [6, 6.07) is 17.1. The summed E-state index contributed by atoms with van der Waals surface area (Å²) in [6.45, 7) is 4.06. The van der Waals surface area contributed by atoms with Crippen LogP contribution in [-0.2, 0) is 15.5 Å². The molecule has 2 unspecified atom stereocenters.